The van der Waals surface area contributed by atoms with E-state index in [1.165, 1.54) is 0 Å². The number of amides is 1. The highest BCUT2D eigenvalue weighted by atomic mass is 79.9. The lowest BCUT2D eigenvalue weighted by atomic mass is 9.69. The maximum atomic E-state index is 12.2. The van der Waals surface area contributed by atoms with Gasteiger partial charge in [0.25, 0.3) is 0 Å². The van der Waals surface area contributed by atoms with Crippen molar-refractivity contribution < 1.29 is 19.1 Å². The average molecular weight is 645 g/mol. The number of unbranched alkanes of at least 4 members (excludes halogenated alkanes) is 1. The summed E-state index contributed by atoms with van der Waals surface area (Å²) in [5.74, 6) is 1.69. The smallest absolute Gasteiger partial charge is 0.391 e. The van der Waals surface area contributed by atoms with Crippen LogP contribution >= 0.6 is 24.5 Å². The predicted molar refractivity (Wildman–Crippen MR) is 169 cm³/mol. The number of aromatic nitrogens is 3. The molecule has 1 amide bonds. The Hall–Kier alpha value is -2.78. The van der Waals surface area contributed by atoms with Crippen LogP contribution in [0.4, 0.5) is 5.82 Å². The second kappa shape index (κ2) is 12.2. The molecule has 0 bridgehead atoms. The van der Waals surface area contributed by atoms with Crippen LogP contribution in [0.25, 0.3) is 21.9 Å². The third kappa shape index (κ3) is 6.36. The van der Waals surface area contributed by atoms with Crippen LogP contribution in [0.5, 0.6) is 5.75 Å². The molecule has 5 N–H and O–H groups in total. The summed E-state index contributed by atoms with van der Waals surface area (Å²) in [7, 11) is -2.49. The summed E-state index contributed by atoms with van der Waals surface area (Å²) in [5, 5.41) is 4.32. The van der Waals surface area contributed by atoms with Crippen LogP contribution in [0.1, 0.15) is 70.0 Å². The number of benzene rings is 2. The number of aryl methyl sites for hydroxylation is 2. The van der Waals surface area contributed by atoms with E-state index in [0.717, 1.165) is 58.2 Å². The van der Waals surface area contributed by atoms with Crippen molar-refractivity contribution in [1.82, 2.24) is 19.9 Å². The maximum Gasteiger partial charge on any atom is 0.391 e. The number of hydrogen-bond donors (Lipinski definition) is 4. The van der Waals surface area contributed by atoms with Gasteiger partial charge in [-0.15, -0.1) is 0 Å². The standard InChI is InChI=1S/C30H39BrN5O4P/c1-7-8-9-24-34-26-27(36(24)17-19-10-13-23(18(2)14-19)40-41(38)39)21-12-11-20(15-22(21)33-28(26)32)29(3,4)30(5,6)35-25(37)16-31/h10-15,38-39H,7-9,16-17H2,1-6H3,(H2,32,33)(H,35,37). The minimum Gasteiger partial charge on any atom is -0.427 e. The Morgan fingerprint density at radius 1 is 1.15 bits per heavy atom. The molecule has 4 aromatic rings. The number of alkyl halides is 1. The topological polar surface area (TPSA) is 136 Å². The third-order valence-electron chi connectivity index (χ3n) is 8.15. The second-order valence-corrected chi connectivity index (χ2v) is 12.8. The van der Waals surface area contributed by atoms with E-state index in [9.17, 15) is 14.6 Å². The number of carbonyl (C=O) groups excluding carboxylic acids is 1. The summed E-state index contributed by atoms with van der Waals surface area (Å²) >= 11 is 3.25. The largest absolute Gasteiger partial charge is 0.427 e. The lowest BCUT2D eigenvalue weighted by molar-refractivity contribution is -0.120. The van der Waals surface area contributed by atoms with Crippen molar-refractivity contribution in [3.63, 3.8) is 0 Å². The number of halogens is 1. The van der Waals surface area contributed by atoms with Gasteiger partial charge in [0.05, 0.1) is 16.4 Å². The minimum absolute atomic E-state index is 0.0696. The Bertz CT molecular complexity index is 1580. The lowest BCUT2D eigenvalue weighted by Gasteiger charge is -2.42. The molecular weight excluding hydrogens is 605 g/mol. The molecular formula is C30H39BrN5O4P. The first-order valence-corrected chi connectivity index (χ1v) is 16.0. The SMILES string of the molecule is CCCCc1nc2c(N)nc3cc(C(C)(C)C(C)(C)NC(=O)CBr)ccc3c2n1Cc1ccc(OP(O)O)c(C)c1. The molecule has 0 atom stereocenters. The van der Waals surface area contributed by atoms with Crippen molar-refractivity contribution >= 4 is 58.2 Å². The van der Waals surface area contributed by atoms with E-state index in [-0.39, 0.29) is 11.2 Å². The molecule has 0 saturated heterocycles. The Balaban J connectivity index is 1.85. The van der Waals surface area contributed by atoms with Crippen molar-refractivity contribution in [1.29, 1.82) is 0 Å². The first-order valence-electron chi connectivity index (χ1n) is 13.7. The van der Waals surface area contributed by atoms with E-state index >= 15 is 0 Å². The molecule has 0 aliphatic carbocycles. The summed E-state index contributed by atoms with van der Waals surface area (Å²) in [6.45, 7) is 12.9. The highest BCUT2D eigenvalue weighted by molar-refractivity contribution is 9.09. The molecule has 0 saturated carbocycles. The van der Waals surface area contributed by atoms with Crippen LogP contribution in [-0.2, 0) is 23.2 Å². The van der Waals surface area contributed by atoms with E-state index < -0.39 is 19.6 Å². The van der Waals surface area contributed by atoms with Gasteiger partial charge >= 0.3 is 8.60 Å². The summed E-state index contributed by atoms with van der Waals surface area (Å²) in [4.78, 5) is 40.5. The predicted octanol–water partition coefficient (Wildman–Crippen LogP) is 6.02. The van der Waals surface area contributed by atoms with Gasteiger partial charge in [0.15, 0.2) is 5.82 Å². The molecule has 0 aliphatic heterocycles. The van der Waals surface area contributed by atoms with E-state index in [0.29, 0.717) is 23.6 Å². The maximum absolute atomic E-state index is 12.2. The number of nitrogens with two attached hydrogens (primary N) is 1. The molecule has 9 nitrogen and oxygen atoms in total. The normalized spacial score (nSPS) is 12.4. The first-order chi connectivity index (χ1) is 19.3. The second-order valence-electron chi connectivity index (χ2n) is 11.5. The van der Waals surface area contributed by atoms with Crippen LogP contribution in [0, 0.1) is 6.92 Å². The molecule has 220 valence electrons. The molecule has 0 aliphatic rings. The Morgan fingerprint density at radius 2 is 1.88 bits per heavy atom. The van der Waals surface area contributed by atoms with Crippen molar-refractivity contribution in [3.05, 3.63) is 58.9 Å². The fourth-order valence-electron chi connectivity index (χ4n) is 5.12. The van der Waals surface area contributed by atoms with Gasteiger partial charge in [-0.1, -0.05) is 67.4 Å². The number of anilines is 1. The van der Waals surface area contributed by atoms with E-state index in [4.69, 9.17) is 20.2 Å². The van der Waals surface area contributed by atoms with Gasteiger partial charge in [0, 0.05) is 29.3 Å². The molecule has 2 aromatic carbocycles. The highest BCUT2D eigenvalue weighted by Gasteiger charge is 2.39. The summed E-state index contributed by atoms with van der Waals surface area (Å²) in [6.07, 6.45) is 2.83. The van der Waals surface area contributed by atoms with Gasteiger partial charge in [-0.05, 0) is 56.0 Å². The van der Waals surface area contributed by atoms with Crippen LogP contribution in [-0.4, -0.2) is 41.1 Å². The van der Waals surface area contributed by atoms with Gasteiger partial charge in [0.1, 0.15) is 17.1 Å². The lowest BCUT2D eigenvalue weighted by Crippen LogP contribution is -2.56. The van der Waals surface area contributed by atoms with Crippen LogP contribution in [0.2, 0.25) is 0 Å². The average Bonchev–Trinajstić information content (AvgIpc) is 3.26. The monoisotopic (exact) mass is 643 g/mol. The third-order valence-corrected chi connectivity index (χ3v) is 9.02. The van der Waals surface area contributed by atoms with Gasteiger partial charge in [-0.2, -0.15) is 0 Å². The Labute approximate surface area is 250 Å². The number of imidazole rings is 1. The van der Waals surface area contributed by atoms with Crippen molar-refractivity contribution in [2.45, 2.75) is 78.3 Å². The number of nitrogens with one attached hydrogen (secondary N) is 1. The molecule has 0 unspecified atom stereocenters. The summed E-state index contributed by atoms with van der Waals surface area (Å²) in [5.41, 5.74) is 10.8. The fourth-order valence-corrected chi connectivity index (χ4v) is 5.65. The molecule has 2 aromatic heterocycles. The van der Waals surface area contributed by atoms with E-state index in [2.05, 4.69) is 64.8 Å². The Kier molecular flexibility index (Phi) is 9.29. The molecule has 0 radical (unpaired) electrons. The number of nitrogens with zero attached hydrogens (tertiary/aromatic N) is 3. The fraction of sp³-hybridized carbons (Fsp3) is 0.433. The highest BCUT2D eigenvalue weighted by Crippen LogP contribution is 2.38. The molecule has 4 rings (SSSR count). The van der Waals surface area contributed by atoms with Crippen molar-refractivity contribution in [2.75, 3.05) is 11.1 Å². The van der Waals surface area contributed by atoms with E-state index in [1.54, 1.807) is 6.07 Å². The quantitative estimate of drug-likeness (QED) is 0.116. The van der Waals surface area contributed by atoms with Crippen LogP contribution in [0.15, 0.2) is 36.4 Å². The number of carbonyl (C=O) groups is 1. The van der Waals surface area contributed by atoms with E-state index in [1.807, 2.05) is 32.9 Å². The van der Waals surface area contributed by atoms with Crippen LogP contribution < -0.4 is 15.6 Å². The van der Waals surface area contributed by atoms with Gasteiger partial charge in [-0.3, -0.25) is 4.79 Å². The molecule has 11 heteroatoms. The molecule has 2 heterocycles. The van der Waals surface area contributed by atoms with Crippen LogP contribution in [0.3, 0.4) is 0 Å². The van der Waals surface area contributed by atoms with Crippen molar-refractivity contribution in [3.8, 4) is 5.75 Å². The summed E-state index contributed by atoms with van der Waals surface area (Å²) in [6, 6.07) is 11.9. The van der Waals surface area contributed by atoms with Gasteiger partial charge in [-0.25, -0.2) is 9.97 Å². The molecule has 0 spiro atoms. The number of fused-ring (bicyclic) bond motifs is 3. The molecule has 0 fully saturated rings. The van der Waals surface area contributed by atoms with Gasteiger partial charge < -0.3 is 29.9 Å². The minimum atomic E-state index is -2.49. The number of rotatable bonds is 11. The first kappa shape index (κ1) is 31.2. The zero-order chi connectivity index (χ0) is 30.1. The Morgan fingerprint density at radius 3 is 2.51 bits per heavy atom. The van der Waals surface area contributed by atoms with Gasteiger partial charge in [0.2, 0.25) is 5.91 Å². The number of nitrogen functional groups attached to an aromatic ring is 1. The number of pyridine rings is 1. The number of hydrogen-bond acceptors (Lipinski definition) is 7. The summed E-state index contributed by atoms with van der Waals surface area (Å²) < 4.78 is 7.37. The van der Waals surface area contributed by atoms with Crippen molar-refractivity contribution in [2.24, 2.45) is 0 Å². The zero-order valence-corrected chi connectivity index (χ0v) is 26.9. The molecule has 41 heavy (non-hydrogen) atoms. The zero-order valence-electron chi connectivity index (χ0n) is 24.5.